The lowest BCUT2D eigenvalue weighted by Gasteiger charge is -2.20. The van der Waals surface area contributed by atoms with E-state index < -0.39 is 5.97 Å². The maximum absolute atomic E-state index is 11.0. The van der Waals surface area contributed by atoms with Crippen molar-refractivity contribution in [3.05, 3.63) is 23.0 Å². The number of unbranched alkanes of at least 4 members (excludes halogenated alkanes) is 1. The first-order valence-electron chi connectivity index (χ1n) is 6.21. The second kappa shape index (κ2) is 6.81. The van der Waals surface area contributed by atoms with Crippen LogP contribution in [-0.4, -0.2) is 40.2 Å². The maximum Gasteiger partial charge on any atom is 0.352 e. The first-order valence-corrected chi connectivity index (χ1v) is 6.59. The molecule has 0 saturated carbocycles. The minimum atomic E-state index is -0.929. The van der Waals surface area contributed by atoms with Gasteiger partial charge in [-0.15, -0.1) is 0 Å². The van der Waals surface area contributed by atoms with Crippen molar-refractivity contribution in [1.29, 1.82) is 0 Å². The van der Waals surface area contributed by atoms with E-state index in [0.717, 1.165) is 19.4 Å². The Balaban J connectivity index is 2.42. The zero-order chi connectivity index (χ0) is 13.7. The molecule has 1 heterocycles. The van der Waals surface area contributed by atoms with Gasteiger partial charge < -0.3 is 14.6 Å². The SMILES string of the molecule is CC(C)N(C)CCCCn1cc(Cl)cc1C(=O)O. The molecule has 0 aliphatic rings. The van der Waals surface area contributed by atoms with Crippen molar-refractivity contribution in [2.75, 3.05) is 13.6 Å². The summed E-state index contributed by atoms with van der Waals surface area (Å²) in [6, 6.07) is 2.03. The smallest absolute Gasteiger partial charge is 0.352 e. The van der Waals surface area contributed by atoms with Crippen LogP contribution in [0.3, 0.4) is 0 Å². The first kappa shape index (κ1) is 15.1. The summed E-state index contributed by atoms with van der Waals surface area (Å²) in [6.07, 6.45) is 3.67. The molecular formula is C13H21ClN2O2. The number of aryl methyl sites for hydroxylation is 1. The average Bonchev–Trinajstić information content (AvgIpc) is 2.65. The Morgan fingerprint density at radius 2 is 2.17 bits per heavy atom. The summed E-state index contributed by atoms with van der Waals surface area (Å²) in [5.74, 6) is -0.929. The summed E-state index contributed by atoms with van der Waals surface area (Å²) in [6.45, 7) is 6.04. The van der Waals surface area contributed by atoms with Crippen LogP contribution in [0.5, 0.6) is 0 Å². The van der Waals surface area contributed by atoms with Crippen LogP contribution in [0.1, 0.15) is 37.2 Å². The van der Waals surface area contributed by atoms with Crippen LogP contribution >= 0.6 is 11.6 Å². The Kier molecular flexibility index (Phi) is 5.69. The van der Waals surface area contributed by atoms with E-state index in [4.69, 9.17) is 16.7 Å². The van der Waals surface area contributed by atoms with Crippen LogP contribution in [0.15, 0.2) is 12.3 Å². The molecule has 0 fully saturated rings. The molecule has 1 N–H and O–H groups in total. The summed E-state index contributed by atoms with van der Waals surface area (Å²) in [5, 5.41) is 9.49. The van der Waals surface area contributed by atoms with E-state index in [0.29, 0.717) is 17.6 Å². The fraction of sp³-hybridized carbons (Fsp3) is 0.615. The predicted molar refractivity (Wildman–Crippen MR) is 73.4 cm³/mol. The molecule has 5 heteroatoms. The van der Waals surface area contributed by atoms with Gasteiger partial charge >= 0.3 is 5.97 Å². The number of aromatic nitrogens is 1. The van der Waals surface area contributed by atoms with Gasteiger partial charge in [-0.2, -0.15) is 0 Å². The highest BCUT2D eigenvalue weighted by atomic mass is 35.5. The Morgan fingerprint density at radius 1 is 1.50 bits per heavy atom. The summed E-state index contributed by atoms with van der Waals surface area (Å²) >= 11 is 5.82. The van der Waals surface area contributed by atoms with Crippen LogP contribution in [0.4, 0.5) is 0 Å². The number of nitrogens with zero attached hydrogens (tertiary/aromatic N) is 2. The van der Waals surface area contributed by atoms with Gasteiger partial charge in [-0.1, -0.05) is 11.6 Å². The maximum atomic E-state index is 11.0. The second-order valence-corrected chi connectivity index (χ2v) is 5.26. The largest absolute Gasteiger partial charge is 0.477 e. The van der Waals surface area contributed by atoms with Gasteiger partial charge in [0.25, 0.3) is 0 Å². The molecule has 0 unspecified atom stereocenters. The third kappa shape index (κ3) is 4.35. The molecule has 0 aromatic carbocycles. The zero-order valence-electron chi connectivity index (χ0n) is 11.2. The van der Waals surface area contributed by atoms with Crippen molar-refractivity contribution < 1.29 is 9.90 Å². The highest BCUT2D eigenvalue weighted by molar-refractivity contribution is 6.30. The Bertz CT molecular complexity index is 402. The number of aromatic carboxylic acids is 1. The summed E-state index contributed by atoms with van der Waals surface area (Å²) in [5.41, 5.74) is 0.261. The minimum Gasteiger partial charge on any atom is -0.477 e. The number of hydrogen-bond acceptors (Lipinski definition) is 2. The number of rotatable bonds is 7. The number of carboxylic acid groups (broad SMARTS) is 1. The number of hydrogen-bond donors (Lipinski definition) is 1. The fourth-order valence-electron chi connectivity index (χ4n) is 1.74. The molecule has 0 radical (unpaired) electrons. The van der Waals surface area contributed by atoms with E-state index in [9.17, 15) is 4.79 Å². The highest BCUT2D eigenvalue weighted by Gasteiger charge is 2.11. The Labute approximate surface area is 113 Å². The monoisotopic (exact) mass is 272 g/mol. The molecule has 0 amide bonds. The first-order chi connectivity index (χ1) is 8.41. The summed E-state index contributed by atoms with van der Waals surface area (Å²) < 4.78 is 1.71. The van der Waals surface area contributed by atoms with Gasteiger partial charge in [0.15, 0.2) is 0 Å². The van der Waals surface area contributed by atoms with Crippen molar-refractivity contribution >= 4 is 17.6 Å². The van der Waals surface area contributed by atoms with Crippen molar-refractivity contribution in [3.63, 3.8) is 0 Å². The molecule has 0 saturated heterocycles. The minimum absolute atomic E-state index is 0.261. The quantitative estimate of drug-likeness (QED) is 0.776. The van der Waals surface area contributed by atoms with Crippen molar-refractivity contribution in [2.45, 2.75) is 39.3 Å². The highest BCUT2D eigenvalue weighted by Crippen LogP contribution is 2.15. The van der Waals surface area contributed by atoms with Gasteiger partial charge in [-0.3, -0.25) is 0 Å². The molecule has 1 aromatic rings. The van der Waals surface area contributed by atoms with Crippen LogP contribution in [0.25, 0.3) is 0 Å². The number of carboxylic acids is 1. The molecule has 0 spiro atoms. The molecule has 0 aliphatic carbocycles. The van der Waals surface area contributed by atoms with Gasteiger partial charge in [0.1, 0.15) is 5.69 Å². The van der Waals surface area contributed by atoms with Gasteiger partial charge in [-0.25, -0.2) is 4.79 Å². The van der Waals surface area contributed by atoms with Gasteiger partial charge in [0, 0.05) is 18.8 Å². The van der Waals surface area contributed by atoms with Crippen LogP contribution in [0, 0.1) is 0 Å². The predicted octanol–water partition coefficient (Wildman–Crippen LogP) is 2.96. The normalized spacial score (nSPS) is 11.4. The molecule has 4 nitrogen and oxygen atoms in total. The van der Waals surface area contributed by atoms with Crippen LogP contribution in [-0.2, 0) is 6.54 Å². The molecule has 0 atom stereocenters. The van der Waals surface area contributed by atoms with Crippen LogP contribution in [0.2, 0.25) is 5.02 Å². The fourth-order valence-corrected chi connectivity index (χ4v) is 1.96. The molecule has 102 valence electrons. The summed E-state index contributed by atoms with van der Waals surface area (Å²) in [4.78, 5) is 13.3. The lowest BCUT2D eigenvalue weighted by atomic mass is 10.2. The number of carbonyl (C=O) groups is 1. The lowest BCUT2D eigenvalue weighted by Crippen LogP contribution is -2.27. The lowest BCUT2D eigenvalue weighted by molar-refractivity contribution is 0.0685. The van der Waals surface area contributed by atoms with Crippen molar-refractivity contribution in [1.82, 2.24) is 9.47 Å². The van der Waals surface area contributed by atoms with Crippen molar-refractivity contribution in [2.24, 2.45) is 0 Å². The van der Waals surface area contributed by atoms with E-state index >= 15 is 0 Å². The average molecular weight is 273 g/mol. The van der Waals surface area contributed by atoms with Crippen LogP contribution < -0.4 is 0 Å². The van der Waals surface area contributed by atoms with E-state index in [-0.39, 0.29) is 5.69 Å². The molecule has 18 heavy (non-hydrogen) atoms. The Morgan fingerprint density at radius 3 is 2.72 bits per heavy atom. The van der Waals surface area contributed by atoms with E-state index in [1.807, 2.05) is 0 Å². The van der Waals surface area contributed by atoms with Gasteiger partial charge in [-0.05, 0) is 46.3 Å². The van der Waals surface area contributed by atoms with E-state index in [1.165, 1.54) is 6.07 Å². The molecule has 0 aliphatic heterocycles. The molecular weight excluding hydrogens is 252 g/mol. The topological polar surface area (TPSA) is 45.5 Å². The Hall–Kier alpha value is -1.00. The van der Waals surface area contributed by atoms with Gasteiger partial charge in [0.2, 0.25) is 0 Å². The second-order valence-electron chi connectivity index (χ2n) is 4.82. The summed E-state index contributed by atoms with van der Waals surface area (Å²) in [7, 11) is 2.10. The van der Waals surface area contributed by atoms with Gasteiger partial charge in [0.05, 0.1) is 5.02 Å². The molecule has 1 rings (SSSR count). The van der Waals surface area contributed by atoms with E-state index in [1.54, 1.807) is 10.8 Å². The molecule has 0 bridgehead atoms. The molecule has 1 aromatic heterocycles. The third-order valence-corrected chi connectivity index (χ3v) is 3.33. The third-order valence-electron chi connectivity index (χ3n) is 3.12. The number of halogens is 1. The van der Waals surface area contributed by atoms with E-state index in [2.05, 4.69) is 25.8 Å². The zero-order valence-corrected chi connectivity index (χ0v) is 11.9. The van der Waals surface area contributed by atoms with Crippen molar-refractivity contribution in [3.8, 4) is 0 Å². The standard InChI is InChI=1S/C13H21ClN2O2/c1-10(2)15(3)6-4-5-7-16-9-11(14)8-12(16)13(17)18/h8-10H,4-7H2,1-3H3,(H,17,18).